The van der Waals surface area contributed by atoms with Gasteiger partial charge in [0.2, 0.25) is 0 Å². The summed E-state index contributed by atoms with van der Waals surface area (Å²) in [6, 6.07) is 7.09. The highest BCUT2D eigenvalue weighted by atomic mass is 32.2. The molecule has 0 atom stereocenters. The first-order valence-corrected chi connectivity index (χ1v) is 7.70. The molecule has 0 saturated carbocycles. The molecule has 3 aromatic rings. The molecule has 2 aromatic heterocycles. The van der Waals surface area contributed by atoms with Crippen molar-refractivity contribution in [2.75, 3.05) is 7.11 Å². The van der Waals surface area contributed by atoms with E-state index in [4.69, 9.17) is 4.74 Å². The fraction of sp³-hybridized carbons (Fsp3) is 0.0714. The standard InChI is InChI=1S/C14H10N2O3S2/c1-19-13(18)9-4-2-3-5-11(9)21-12-10(8-17)16-6-7-20-14(16)15-12/h2-8H,1H3. The molecule has 1 aromatic carbocycles. The maximum absolute atomic E-state index is 11.8. The van der Waals surface area contributed by atoms with Crippen LogP contribution in [-0.2, 0) is 4.74 Å². The number of hydrogen-bond acceptors (Lipinski definition) is 6. The number of imidazole rings is 1. The van der Waals surface area contributed by atoms with Crippen LogP contribution in [0.25, 0.3) is 4.96 Å². The van der Waals surface area contributed by atoms with Gasteiger partial charge in [-0.15, -0.1) is 11.3 Å². The number of thiazole rings is 1. The quantitative estimate of drug-likeness (QED) is 0.546. The first-order valence-electron chi connectivity index (χ1n) is 6.00. The Balaban J connectivity index is 2.04. The van der Waals surface area contributed by atoms with Crippen molar-refractivity contribution < 1.29 is 14.3 Å². The number of esters is 1. The molecule has 0 saturated heterocycles. The molecule has 0 aliphatic carbocycles. The minimum Gasteiger partial charge on any atom is -0.465 e. The number of methoxy groups -OCH3 is 1. The third-order valence-electron chi connectivity index (χ3n) is 2.88. The van der Waals surface area contributed by atoms with Crippen LogP contribution in [0.4, 0.5) is 0 Å². The van der Waals surface area contributed by atoms with Gasteiger partial charge in [0.15, 0.2) is 11.2 Å². The van der Waals surface area contributed by atoms with E-state index in [-0.39, 0.29) is 0 Å². The maximum Gasteiger partial charge on any atom is 0.339 e. The summed E-state index contributed by atoms with van der Waals surface area (Å²) in [4.78, 5) is 29.0. The molecule has 7 heteroatoms. The molecule has 0 fully saturated rings. The topological polar surface area (TPSA) is 60.7 Å². The zero-order valence-corrected chi connectivity index (χ0v) is 12.6. The highest BCUT2D eigenvalue weighted by Gasteiger charge is 2.17. The van der Waals surface area contributed by atoms with Gasteiger partial charge in [0.25, 0.3) is 0 Å². The highest BCUT2D eigenvalue weighted by Crippen LogP contribution is 2.33. The number of carbonyl (C=O) groups excluding carboxylic acids is 2. The average Bonchev–Trinajstić information content (AvgIpc) is 3.07. The second-order valence-electron chi connectivity index (χ2n) is 4.07. The molecular weight excluding hydrogens is 308 g/mol. The Labute approximate surface area is 128 Å². The summed E-state index contributed by atoms with van der Waals surface area (Å²) in [6.45, 7) is 0. The van der Waals surface area contributed by atoms with Crippen molar-refractivity contribution in [3.05, 3.63) is 47.1 Å². The van der Waals surface area contributed by atoms with Crippen molar-refractivity contribution in [2.45, 2.75) is 9.92 Å². The van der Waals surface area contributed by atoms with Gasteiger partial charge in [0, 0.05) is 16.5 Å². The SMILES string of the molecule is COC(=O)c1ccccc1Sc1nc2sccn2c1C=O. The Bertz CT molecular complexity index is 823. The lowest BCUT2D eigenvalue weighted by atomic mass is 10.2. The molecule has 3 rings (SSSR count). The van der Waals surface area contributed by atoms with Crippen molar-refractivity contribution in [1.29, 1.82) is 0 Å². The Kier molecular flexibility index (Phi) is 3.76. The lowest BCUT2D eigenvalue weighted by molar-refractivity contribution is 0.0596. The maximum atomic E-state index is 11.8. The summed E-state index contributed by atoms with van der Waals surface area (Å²) < 4.78 is 6.51. The van der Waals surface area contributed by atoms with Crippen LogP contribution in [0.15, 0.2) is 45.8 Å². The van der Waals surface area contributed by atoms with Gasteiger partial charge in [-0.1, -0.05) is 23.9 Å². The Morgan fingerprint density at radius 1 is 1.43 bits per heavy atom. The summed E-state index contributed by atoms with van der Waals surface area (Å²) in [6.07, 6.45) is 2.57. The molecule has 21 heavy (non-hydrogen) atoms. The third-order valence-corrected chi connectivity index (χ3v) is 4.70. The van der Waals surface area contributed by atoms with Gasteiger partial charge < -0.3 is 4.74 Å². The summed E-state index contributed by atoms with van der Waals surface area (Å²) in [5, 5.41) is 2.44. The van der Waals surface area contributed by atoms with E-state index in [1.165, 1.54) is 30.2 Å². The lowest BCUT2D eigenvalue weighted by Gasteiger charge is -2.05. The lowest BCUT2D eigenvalue weighted by Crippen LogP contribution is -2.02. The fourth-order valence-electron chi connectivity index (χ4n) is 1.90. The van der Waals surface area contributed by atoms with Gasteiger partial charge >= 0.3 is 5.97 Å². The predicted molar refractivity (Wildman–Crippen MR) is 80.4 cm³/mol. The zero-order chi connectivity index (χ0) is 14.8. The summed E-state index contributed by atoms with van der Waals surface area (Å²) >= 11 is 2.73. The number of hydrogen-bond donors (Lipinski definition) is 0. The van der Waals surface area contributed by atoms with Crippen LogP contribution in [0.2, 0.25) is 0 Å². The van der Waals surface area contributed by atoms with E-state index >= 15 is 0 Å². The van der Waals surface area contributed by atoms with Crippen LogP contribution in [0, 0.1) is 0 Å². The molecule has 0 aliphatic rings. The van der Waals surface area contributed by atoms with Crippen molar-refractivity contribution in [3.8, 4) is 0 Å². The molecule has 106 valence electrons. The molecule has 0 radical (unpaired) electrons. The fourth-order valence-corrected chi connectivity index (χ4v) is 3.68. The average molecular weight is 318 g/mol. The molecule has 0 bridgehead atoms. The van der Waals surface area contributed by atoms with Crippen LogP contribution in [0.5, 0.6) is 0 Å². The van der Waals surface area contributed by atoms with Crippen LogP contribution in [-0.4, -0.2) is 28.7 Å². The number of benzene rings is 1. The smallest absolute Gasteiger partial charge is 0.339 e. The van der Waals surface area contributed by atoms with E-state index in [2.05, 4.69) is 4.98 Å². The van der Waals surface area contributed by atoms with Crippen molar-refractivity contribution in [3.63, 3.8) is 0 Å². The molecule has 0 N–H and O–H groups in total. The van der Waals surface area contributed by atoms with E-state index in [1.54, 1.807) is 28.8 Å². The van der Waals surface area contributed by atoms with Crippen LogP contribution < -0.4 is 0 Å². The summed E-state index contributed by atoms with van der Waals surface area (Å²) in [5.74, 6) is -0.410. The number of fused-ring (bicyclic) bond motifs is 1. The predicted octanol–water partition coefficient (Wildman–Crippen LogP) is 3.15. The van der Waals surface area contributed by atoms with Crippen molar-refractivity contribution in [2.24, 2.45) is 0 Å². The van der Waals surface area contributed by atoms with E-state index in [0.717, 1.165) is 11.2 Å². The van der Waals surface area contributed by atoms with Gasteiger partial charge in [-0.25, -0.2) is 9.78 Å². The minimum atomic E-state index is -0.410. The number of aldehydes is 1. The van der Waals surface area contributed by atoms with Crippen molar-refractivity contribution >= 4 is 40.3 Å². The third kappa shape index (κ3) is 2.45. The zero-order valence-electron chi connectivity index (χ0n) is 11.0. The van der Waals surface area contributed by atoms with Crippen LogP contribution in [0.1, 0.15) is 20.8 Å². The summed E-state index contributed by atoms with van der Waals surface area (Å²) in [7, 11) is 1.34. The van der Waals surface area contributed by atoms with Gasteiger partial charge in [-0.3, -0.25) is 9.20 Å². The normalized spacial score (nSPS) is 10.7. The minimum absolute atomic E-state index is 0.410. The molecule has 5 nitrogen and oxygen atoms in total. The second-order valence-corrected chi connectivity index (χ2v) is 5.97. The van der Waals surface area contributed by atoms with Crippen LogP contribution in [0.3, 0.4) is 0 Å². The number of rotatable bonds is 4. The molecule has 0 aliphatic heterocycles. The second kappa shape index (κ2) is 5.71. The molecular formula is C14H10N2O3S2. The monoisotopic (exact) mass is 318 g/mol. The molecule has 0 spiro atoms. The number of aromatic nitrogens is 2. The van der Waals surface area contributed by atoms with Gasteiger partial charge in [0.05, 0.1) is 12.7 Å². The Morgan fingerprint density at radius 2 is 2.24 bits per heavy atom. The Morgan fingerprint density at radius 3 is 3.00 bits per heavy atom. The van der Waals surface area contributed by atoms with Gasteiger partial charge in [-0.2, -0.15) is 0 Å². The van der Waals surface area contributed by atoms with E-state index in [0.29, 0.717) is 21.2 Å². The molecule has 2 heterocycles. The molecule has 0 amide bonds. The first-order chi connectivity index (χ1) is 10.2. The van der Waals surface area contributed by atoms with E-state index in [1.807, 2.05) is 11.4 Å². The molecule has 0 unspecified atom stereocenters. The largest absolute Gasteiger partial charge is 0.465 e. The van der Waals surface area contributed by atoms with Gasteiger partial charge in [0.1, 0.15) is 10.7 Å². The highest BCUT2D eigenvalue weighted by molar-refractivity contribution is 7.99. The van der Waals surface area contributed by atoms with Crippen molar-refractivity contribution in [1.82, 2.24) is 9.38 Å². The Hall–Kier alpha value is -2.12. The number of nitrogens with zero attached hydrogens (tertiary/aromatic N) is 2. The summed E-state index contributed by atoms with van der Waals surface area (Å²) in [5.41, 5.74) is 0.939. The van der Waals surface area contributed by atoms with Crippen LogP contribution >= 0.6 is 23.1 Å². The number of ether oxygens (including phenoxy) is 1. The van der Waals surface area contributed by atoms with Gasteiger partial charge in [-0.05, 0) is 12.1 Å². The van der Waals surface area contributed by atoms with E-state index in [9.17, 15) is 9.59 Å². The van der Waals surface area contributed by atoms with E-state index < -0.39 is 5.97 Å². The first kappa shape index (κ1) is 13.8. The number of carbonyl (C=O) groups is 2.